The Morgan fingerprint density at radius 3 is 2.69 bits per heavy atom. The van der Waals surface area contributed by atoms with Crippen molar-refractivity contribution in [2.75, 3.05) is 13.2 Å². The van der Waals surface area contributed by atoms with Crippen LogP contribution in [0.2, 0.25) is 0 Å². The largest absolute Gasteiger partial charge is 0.462 e. The van der Waals surface area contributed by atoms with Crippen LogP contribution in [0.3, 0.4) is 0 Å². The molecule has 1 saturated heterocycles. The normalized spacial score (nSPS) is 25.2. The molecule has 1 rings (SSSR count). The third-order valence-corrected chi connectivity index (χ3v) is 2.96. The van der Waals surface area contributed by atoms with Crippen LogP contribution in [-0.4, -0.2) is 25.3 Å². The van der Waals surface area contributed by atoms with Crippen LogP contribution in [-0.2, 0) is 14.3 Å². The first-order valence-electron chi connectivity index (χ1n) is 5.82. The van der Waals surface area contributed by atoms with Gasteiger partial charge in [-0.25, -0.2) is 0 Å². The summed E-state index contributed by atoms with van der Waals surface area (Å²) in [7, 11) is 0. The van der Waals surface area contributed by atoms with E-state index in [2.05, 4.69) is 13.8 Å². The number of carbonyl (C=O) groups is 1. The summed E-state index contributed by atoms with van der Waals surface area (Å²) in [5.74, 6) is -0.241. The van der Waals surface area contributed by atoms with Gasteiger partial charge >= 0.3 is 5.97 Å². The van der Waals surface area contributed by atoms with Gasteiger partial charge in [-0.1, -0.05) is 13.8 Å². The molecule has 0 aromatic carbocycles. The Morgan fingerprint density at radius 2 is 2.19 bits per heavy atom. The molecule has 1 heterocycles. The molecule has 0 N–H and O–H groups in total. The Labute approximate surface area is 97.8 Å². The molecule has 1 aliphatic heterocycles. The Kier molecular flexibility index (Phi) is 4.54. The zero-order valence-electron chi connectivity index (χ0n) is 10.7. The number of hydrogen-bond acceptors (Lipinski definition) is 3. The summed E-state index contributed by atoms with van der Waals surface area (Å²) in [6.07, 6.45) is 4.36. The van der Waals surface area contributed by atoms with E-state index in [4.69, 9.17) is 9.47 Å². The van der Waals surface area contributed by atoms with E-state index < -0.39 is 0 Å². The van der Waals surface area contributed by atoms with Crippen molar-refractivity contribution >= 4 is 5.97 Å². The van der Waals surface area contributed by atoms with Gasteiger partial charge in [-0.05, 0) is 36.8 Å². The Bertz CT molecular complexity index is 269. The summed E-state index contributed by atoms with van der Waals surface area (Å²) in [5.41, 5.74) is 1.46. The lowest BCUT2D eigenvalue weighted by molar-refractivity contribution is -0.139. The highest BCUT2D eigenvalue weighted by Gasteiger charge is 2.27. The predicted molar refractivity (Wildman–Crippen MR) is 63.1 cm³/mol. The lowest BCUT2D eigenvalue weighted by atomic mass is 9.84. The van der Waals surface area contributed by atoms with Gasteiger partial charge in [0.05, 0.1) is 12.7 Å². The SMILES string of the molecule is CC(=O)OC/C=C(\C)C1CCC(C)(C)CO1. The molecule has 3 nitrogen and oxygen atoms in total. The van der Waals surface area contributed by atoms with Gasteiger partial charge < -0.3 is 9.47 Å². The minimum absolute atomic E-state index is 0.198. The zero-order chi connectivity index (χ0) is 12.2. The van der Waals surface area contributed by atoms with Crippen molar-refractivity contribution in [1.29, 1.82) is 0 Å². The average Bonchev–Trinajstić information content (AvgIpc) is 2.16. The summed E-state index contributed by atoms with van der Waals surface area (Å²) in [5, 5.41) is 0. The van der Waals surface area contributed by atoms with Crippen molar-refractivity contribution < 1.29 is 14.3 Å². The molecular weight excluding hydrogens is 204 g/mol. The smallest absolute Gasteiger partial charge is 0.302 e. The molecule has 0 bridgehead atoms. The van der Waals surface area contributed by atoms with Crippen LogP contribution >= 0.6 is 0 Å². The van der Waals surface area contributed by atoms with E-state index in [9.17, 15) is 4.79 Å². The van der Waals surface area contributed by atoms with Crippen LogP contribution in [0.1, 0.15) is 40.5 Å². The molecule has 92 valence electrons. The molecule has 0 aliphatic carbocycles. The van der Waals surface area contributed by atoms with E-state index in [0.717, 1.165) is 18.6 Å². The Hall–Kier alpha value is -0.830. The van der Waals surface area contributed by atoms with E-state index in [1.54, 1.807) is 0 Å². The molecule has 1 atom stereocenters. The fraction of sp³-hybridized carbons (Fsp3) is 0.769. The van der Waals surface area contributed by atoms with Crippen LogP contribution < -0.4 is 0 Å². The van der Waals surface area contributed by atoms with Crippen LogP contribution in [0.15, 0.2) is 11.6 Å². The number of ether oxygens (including phenoxy) is 2. The molecule has 0 radical (unpaired) electrons. The standard InChI is InChI=1S/C13H22O3/c1-10(6-8-15-11(2)14)12-5-7-13(3,4)9-16-12/h6,12H,5,7-9H2,1-4H3/b10-6+. The summed E-state index contributed by atoms with van der Waals surface area (Å²) >= 11 is 0. The number of carbonyl (C=O) groups excluding carboxylic acids is 1. The minimum atomic E-state index is -0.241. The van der Waals surface area contributed by atoms with Crippen LogP contribution in [0, 0.1) is 5.41 Å². The Morgan fingerprint density at radius 1 is 1.50 bits per heavy atom. The first-order chi connectivity index (χ1) is 7.41. The van der Waals surface area contributed by atoms with Crippen LogP contribution in [0.25, 0.3) is 0 Å². The average molecular weight is 226 g/mol. The molecule has 16 heavy (non-hydrogen) atoms. The fourth-order valence-electron chi connectivity index (χ4n) is 1.78. The van der Waals surface area contributed by atoms with Gasteiger partial charge in [0.15, 0.2) is 0 Å². The Balaban J connectivity index is 2.38. The molecular formula is C13H22O3. The molecule has 0 spiro atoms. The van der Waals surface area contributed by atoms with Gasteiger partial charge in [0.1, 0.15) is 6.61 Å². The fourth-order valence-corrected chi connectivity index (χ4v) is 1.78. The van der Waals surface area contributed by atoms with E-state index in [1.807, 2.05) is 13.0 Å². The first-order valence-corrected chi connectivity index (χ1v) is 5.82. The molecule has 0 saturated carbocycles. The zero-order valence-corrected chi connectivity index (χ0v) is 10.7. The van der Waals surface area contributed by atoms with Gasteiger partial charge in [0.25, 0.3) is 0 Å². The lowest BCUT2D eigenvalue weighted by Gasteiger charge is -2.35. The molecule has 1 unspecified atom stereocenters. The molecule has 1 fully saturated rings. The van der Waals surface area contributed by atoms with Gasteiger partial charge in [-0.2, -0.15) is 0 Å². The summed E-state index contributed by atoms with van der Waals surface area (Å²) in [6, 6.07) is 0. The number of esters is 1. The maximum atomic E-state index is 10.6. The molecule has 0 aromatic heterocycles. The maximum Gasteiger partial charge on any atom is 0.302 e. The first kappa shape index (κ1) is 13.2. The van der Waals surface area contributed by atoms with Gasteiger partial charge in [0.2, 0.25) is 0 Å². The highest BCUT2D eigenvalue weighted by Crippen LogP contribution is 2.32. The van der Waals surface area contributed by atoms with E-state index in [0.29, 0.717) is 12.0 Å². The third kappa shape index (κ3) is 4.35. The number of rotatable bonds is 3. The van der Waals surface area contributed by atoms with E-state index in [-0.39, 0.29) is 12.1 Å². The quantitative estimate of drug-likeness (QED) is 0.548. The van der Waals surface area contributed by atoms with Crippen molar-refractivity contribution in [2.45, 2.75) is 46.6 Å². The van der Waals surface area contributed by atoms with E-state index >= 15 is 0 Å². The van der Waals surface area contributed by atoms with Crippen molar-refractivity contribution in [3.63, 3.8) is 0 Å². The third-order valence-electron chi connectivity index (χ3n) is 2.96. The van der Waals surface area contributed by atoms with Crippen molar-refractivity contribution in [3.05, 3.63) is 11.6 Å². The monoisotopic (exact) mass is 226 g/mol. The second-order valence-electron chi connectivity index (χ2n) is 5.25. The van der Waals surface area contributed by atoms with Crippen molar-refractivity contribution in [2.24, 2.45) is 5.41 Å². The molecule has 0 amide bonds. The topological polar surface area (TPSA) is 35.5 Å². The predicted octanol–water partition coefficient (Wildman–Crippen LogP) is 2.70. The van der Waals surface area contributed by atoms with Gasteiger partial charge in [-0.3, -0.25) is 4.79 Å². The van der Waals surface area contributed by atoms with Crippen LogP contribution in [0.4, 0.5) is 0 Å². The maximum absolute atomic E-state index is 10.6. The van der Waals surface area contributed by atoms with Crippen molar-refractivity contribution in [3.8, 4) is 0 Å². The van der Waals surface area contributed by atoms with Crippen molar-refractivity contribution in [1.82, 2.24) is 0 Å². The molecule has 1 aliphatic rings. The van der Waals surface area contributed by atoms with E-state index in [1.165, 1.54) is 13.3 Å². The van der Waals surface area contributed by atoms with Crippen LogP contribution in [0.5, 0.6) is 0 Å². The summed E-state index contributed by atoms with van der Waals surface area (Å²) < 4.78 is 10.7. The summed E-state index contributed by atoms with van der Waals surface area (Å²) in [6.45, 7) is 9.05. The van der Waals surface area contributed by atoms with Gasteiger partial charge in [-0.15, -0.1) is 0 Å². The van der Waals surface area contributed by atoms with Gasteiger partial charge in [0, 0.05) is 6.92 Å². The lowest BCUT2D eigenvalue weighted by Crippen LogP contribution is -2.32. The molecule has 3 heteroatoms. The second kappa shape index (κ2) is 5.48. The second-order valence-corrected chi connectivity index (χ2v) is 5.25. The minimum Gasteiger partial charge on any atom is -0.462 e. The molecule has 0 aromatic rings. The number of hydrogen-bond donors (Lipinski definition) is 0. The highest BCUT2D eigenvalue weighted by molar-refractivity contribution is 5.66. The summed E-state index contributed by atoms with van der Waals surface area (Å²) in [4.78, 5) is 10.6. The highest BCUT2D eigenvalue weighted by atomic mass is 16.5.